The summed E-state index contributed by atoms with van der Waals surface area (Å²) in [5.41, 5.74) is 5.58. The van der Waals surface area contributed by atoms with Gasteiger partial charge in [0.15, 0.2) is 0 Å². The van der Waals surface area contributed by atoms with Gasteiger partial charge in [0, 0.05) is 39.3 Å². The molecular formula is C9H18N2O2. The molecule has 0 aromatic carbocycles. The molecule has 0 spiro atoms. The number of methoxy groups -OCH3 is 1. The minimum absolute atomic E-state index is 0.196. The lowest BCUT2D eigenvalue weighted by Gasteiger charge is -2.37. The number of carbonyl (C=O) groups is 1. The molecule has 1 saturated heterocycles. The monoisotopic (exact) mass is 186 g/mol. The van der Waals surface area contributed by atoms with Crippen molar-refractivity contribution in [2.24, 2.45) is 11.7 Å². The van der Waals surface area contributed by atoms with E-state index in [0.29, 0.717) is 18.9 Å². The fraction of sp³-hybridized carbons (Fsp3) is 0.889. The van der Waals surface area contributed by atoms with Gasteiger partial charge in [0.25, 0.3) is 0 Å². The quantitative estimate of drug-likeness (QED) is 0.663. The van der Waals surface area contributed by atoms with Gasteiger partial charge < -0.3 is 15.4 Å². The van der Waals surface area contributed by atoms with Crippen LogP contribution in [0.2, 0.25) is 0 Å². The Morgan fingerprint density at radius 3 is 2.77 bits per heavy atom. The van der Waals surface area contributed by atoms with Gasteiger partial charge in [-0.05, 0) is 5.92 Å². The van der Waals surface area contributed by atoms with Crippen molar-refractivity contribution < 1.29 is 9.53 Å². The van der Waals surface area contributed by atoms with Crippen LogP contribution in [0, 0.1) is 5.92 Å². The Morgan fingerprint density at radius 1 is 1.69 bits per heavy atom. The molecule has 76 valence electrons. The third-order valence-electron chi connectivity index (χ3n) is 2.24. The van der Waals surface area contributed by atoms with Gasteiger partial charge in [-0.25, -0.2) is 0 Å². The van der Waals surface area contributed by atoms with Crippen molar-refractivity contribution in [1.82, 2.24) is 4.90 Å². The summed E-state index contributed by atoms with van der Waals surface area (Å²) in [6.07, 6.45) is 0.570. The van der Waals surface area contributed by atoms with Crippen LogP contribution in [0.1, 0.15) is 13.3 Å². The first-order valence-corrected chi connectivity index (χ1v) is 4.65. The summed E-state index contributed by atoms with van der Waals surface area (Å²) >= 11 is 0. The van der Waals surface area contributed by atoms with Crippen LogP contribution in [0.15, 0.2) is 0 Å². The molecule has 1 aliphatic rings. The zero-order chi connectivity index (χ0) is 9.84. The lowest BCUT2D eigenvalue weighted by Crippen LogP contribution is -2.58. The van der Waals surface area contributed by atoms with Crippen LogP contribution in [-0.4, -0.2) is 43.7 Å². The predicted octanol–water partition coefficient (Wildman–Crippen LogP) is -0.171. The summed E-state index contributed by atoms with van der Waals surface area (Å²) in [5, 5.41) is 0. The fourth-order valence-electron chi connectivity index (χ4n) is 1.49. The van der Waals surface area contributed by atoms with Crippen molar-refractivity contribution in [2.75, 3.05) is 26.8 Å². The van der Waals surface area contributed by atoms with Crippen LogP contribution in [-0.2, 0) is 9.53 Å². The maximum absolute atomic E-state index is 11.5. The van der Waals surface area contributed by atoms with E-state index in [-0.39, 0.29) is 11.9 Å². The molecule has 13 heavy (non-hydrogen) atoms. The van der Waals surface area contributed by atoms with E-state index in [0.717, 1.165) is 13.1 Å². The average Bonchev–Trinajstić information content (AvgIpc) is 1.99. The highest BCUT2D eigenvalue weighted by Gasteiger charge is 2.27. The number of rotatable bonds is 4. The largest absolute Gasteiger partial charge is 0.384 e. The third kappa shape index (κ3) is 2.97. The van der Waals surface area contributed by atoms with E-state index in [1.165, 1.54) is 0 Å². The average molecular weight is 186 g/mol. The predicted molar refractivity (Wildman–Crippen MR) is 50.2 cm³/mol. The second kappa shape index (κ2) is 4.58. The first-order valence-electron chi connectivity index (χ1n) is 4.65. The van der Waals surface area contributed by atoms with Gasteiger partial charge in [0.05, 0.1) is 0 Å². The topological polar surface area (TPSA) is 55.6 Å². The molecule has 1 atom stereocenters. The van der Waals surface area contributed by atoms with Crippen LogP contribution in [0.25, 0.3) is 0 Å². The molecular weight excluding hydrogens is 168 g/mol. The van der Waals surface area contributed by atoms with E-state index in [1.54, 1.807) is 12.0 Å². The summed E-state index contributed by atoms with van der Waals surface area (Å²) in [7, 11) is 1.65. The summed E-state index contributed by atoms with van der Waals surface area (Å²) in [6.45, 7) is 4.10. The second-order valence-electron chi connectivity index (χ2n) is 3.82. The van der Waals surface area contributed by atoms with E-state index in [9.17, 15) is 4.79 Å². The molecule has 4 heteroatoms. The highest BCUT2D eigenvalue weighted by molar-refractivity contribution is 5.77. The molecule has 0 aliphatic carbocycles. The van der Waals surface area contributed by atoms with Gasteiger partial charge >= 0.3 is 0 Å². The summed E-state index contributed by atoms with van der Waals surface area (Å²) in [5.74, 6) is 0.501. The number of hydrogen-bond donors (Lipinski definition) is 1. The highest BCUT2D eigenvalue weighted by atomic mass is 16.5. The number of amides is 1. The van der Waals surface area contributed by atoms with Crippen LogP contribution in [0.4, 0.5) is 0 Å². The van der Waals surface area contributed by atoms with Crippen molar-refractivity contribution in [3.8, 4) is 0 Å². The van der Waals surface area contributed by atoms with Crippen molar-refractivity contribution in [3.63, 3.8) is 0 Å². The Bertz CT molecular complexity index is 178. The lowest BCUT2D eigenvalue weighted by molar-refractivity contribution is -0.136. The van der Waals surface area contributed by atoms with Crippen molar-refractivity contribution in [1.29, 1.82) is 0 Å². The summed E-state index contributed by atoms with van der Waals surface area (Å²) < 4.78 is 4.96. The molecule has 0 saturated carbocycles. The van der Waals surface area contributed by atoms with Gasteiger partial charge in [0.1, 0.15) is 0 Å². The SMILES string of the molecule is COCC(C)CC(=O)N1CC(N)C1. The lowest BCUT2D eigenvalue weighted by atomic mass is 10.0. The minimum Gasteiger partial charge on any atom is -0.384 e. The maximum Gasteiger partial charge on any atom is 0.223 e. The van der Waals surface area contributed by atoms with Gasteiger partial charge in [-0.15, -0.1) is 0 Å². The molecule has 0 aromatic rings. The van der Waals surface area contributed by atoms with Crippen LogP contribution in [0.3, 0.4) is 0 Å². The Morgan fingerprint density at radius 2 is 2.31 bits per heavy atom. The Kier molecular flexibility index (Phi) is 3.69. The number of hydrogen-bond acceptors (Lipinski definition) is 3. The van der Waals surface area contributed by atoms with E-state index in [2.05, 4.69) is 0 Å². The van der Waals surface area contributed by atoms with E-state index in [1.807, 2.05) is 6.92 Å². The molecule has 1 rings (SSSR count). The molecule has 4 nitrogen and oxygen atoms in total. The number of ether oxygens (including phenoxy) is 1. The Balaban J connectivity index is 2.17. The maximum atomic E-state index is 11.5. The number of carbonyl (C=O) groups excluding carboxylic acids is 1. The number of nitrogens with zero attached hydrogens (tertiary/aromatic N) is 1. The Hall–Kier alpha value is -0.610. The van der Waals surface area contributed by atoms with Gasteiger partial charge in [-0.1, -0.05) is 6.92 Å². The van der Waals surface area contributed by atoms with E-state index >= 15 is 0 Å². The summed E-state index contributed by atoms with van der Waals surface area (Å²) in [4.78, 5) is 13.3. The number of nitrogens with two attached hydrogens (primary N) is 1. The zero-order valence-corrected chi connectivity index (χ0v) is 8.32. The fourth-order valence-corrected chi connectivity index (χ4v) is 1.49. The van der Waals surface area contributed by atoms with E-state index < -0.39 is 0 Å². The van der Waals surface area contributed by atoms with Crippen molar-refractivity contribution in [3.05, 3.63) is 0 Å². The van der Waals surface area contributed by atoms with Crippen LogP contribution in [0.5, 0.6) is 0 Å². The van der Waals surface area contributed by atoms with Gasteiger partial charge in [-0.3, -0.25) is 4.79 Å². The molecule has 1 fully saturated rings. The first kappa shape index (κ1) is 10.5. The van der Waals surface area contributed by atoms with Crippen LogP contribution < -0.4 is 5.73 Å². The smallest absolute Gasteiger partial charge is 0.223 e. The molecule has 1 amide bonds. The normalized spacial score (nSPS) is 19.8. The Labute approximate surface area is 79.0 Å². The number of likely N-dealkylation sites (tertiary alicyclic amines) is 1. The molecule has 1 heterocycles. The van der Waals surface area contributed by atoms with Crippen molar-refractivity contribution >= 4 is 5.91 Å². The van der Waals surface area contributed by atoms with Crippen LogP contribution >= 0.6 is 0 Å². The van der Waals surface area contributed by atoms with E-state index in [4.69, 9.17) is 10.5 Å². The molecule has 2 N–H and O–H groups in total. The molecule has 0 bridgehead atoms. The van der Waals surface area contributed by atoms with Gasteiger partial charge in [0.2, 0.25) is 5.91 Å². The molecule has 0 radical (unpaired) electrons. The summed E-state index contributed by atoms with van der Waals surface area (Å²) in [6, 6.07) is 0.196. The first-order chi connectivity index (χ1) is 6.13. The van der Waals surface area contributed by atoms with Gasteiger partial charge in [-0.2, -0.15) is 0 Å². The molecule has 1 aliphatic heterocycles. The molecule has 0 aromatic heterocycles. The minimum atomic E-state index is 0.196. The zero-order valence-electron chi connectivity index (χ0n) is 8.32. The standard InChI is InChI=1S/C9H18N2O2/c1-7(6-13-2)3-9(12)11-4-8(10)5-11/h7-8H,3-6,10H2,1-2H3. The highest BCUT2D eigenvalue weighted by Crippen LogP contribution is 2.11. The molecule has 1 unspecified atom stereocenters. The third-order valence-corrected chi connectivity index (χ3v) is 2.24. The second-order valence-corrected chi connectivity index (χ2v) is 3.82. The van der Waals surface area contributed by atoms with Crippen molar-refractivity contribution in [2.45, 2.75) is 19.4 Å².